The lowest BCUT2D eigenvalue weighted by Crippen LogP contribution is -1.98. The third kappa shape index (κ3) is 1.78. The number of nitrogens with one attached hydrogen (secondary N) is 2. The van der Waals surface area contributed by atoms with Crippen LogP contribution in [0.4, 0.5) is 5.95 Å². The minimum Gasteiger partial charge on any atom is -0.357 e. The number of H-pyrrole nitrogens is 1. The van der Waals surface area contributed by atoms with Crippen molar-refractivity contribution in [2.45, 2.75) is 10.2 Å². The van der Waals surface area contributed by atoms with E-state index in [9.17, 15) is 0 Å². The van der Waals surface area contributed by atoms with E-state index in [2.05, 4.69) is 35.7 Å². The van der Waals surface area contributed by atoms with E-state index in [0.29, 0.717) is 11.6 Å². The molecule has 2 N–H and O–H groups in total. The number of rotatable bonds is 3. The van der Waals surface area contributed by atoms with Crippen molar-refractivity contribution in [1.82, 2.24) is 34.9 Å². The summed E-state index contributed by atoms with van der Waals surface area (Å²) in [7, 11) is 3.66. The van der Waals surface area contributed by atoms with E-state index in [4.69, 9.17) is 0 Å². The Hall–Kier alpha value is -2.16. The number of hydrogen-bond acceptors (Lipinski definition) is 7. The second-order valence-corrected chi connectivity index (χ2v) is 4.52. The first kappa shape index (κ1) is 11.0. The third-order valence-electron chi connectivity index (χ3n) is 2.36. The van der Waals surface area contributed by atoms with Gasteiger partial charge in [0, 0.05) is 14.1 Å². The number of fused-ring (bicyclic) bond motifs is 1. The summed E-state index contributed by atoms with van der Waals surface area (Å²) < 4.78 is 1.83. The van der Waals surface area contributed by atoms with Gasteiger partial charge < -0.3 is 9.88 Å². The van der Waals surface area contributed by atoms with Crippen LogP contribution in [-0.4, -0.2) is 42.0 Å². The first-order chi connectivity index (χ1) is 8.78. The molecule has 0 aliphatic rings. The topological polar surface area (TPSA) is 97.2 Å². The molecule has 0 atom stereocenters. The Morgan fingerprint density at radius 2 is 2.28 bits per heavy atom. The molecule has 0 saturated heterocycles. The van der Waals surface area contributed by atoms with E-state index < -0.39 is 0 Å². The molecule has 8 nitrogen and oxygen atoms in total. The molecule has 0 unspecified atom stereocenters. The molecule has 18 heavy (non-hydrogen) atoms. The lowest BCUT2D eigenvalue weighted by atomic mass is 10.4. The number of aryl methyl sites for hydroxylation is 1. The number of nitrogens with zero attached hydrogens (tertiary/aromatic N) is 6. The van der Waals surface area contributed by atoms with Gasteiger partial charge in [0.1, 0.15) is 11.4 Å². The van der Waals surface area contributed by atoms with Gasteiger partial charge in [0.05, 0.1) is 11.6 Å². The van der Waals surface area contributed by atoms with Gasteiger partial charge in [-0.15, -0.1) is 10.2 Å². The lowest BCUT2D eigenvalue weighted by molar-refractivity contribution is 0.787. The fraction of sp³-hybridized carbons (Fsp3) is 0.222. The van der Waals surface area contributed by atoms with Crippen LogP contribution in [0.1, 0.15) is 0 Å². The maximum absolute atomic E-state index is 4.41. The molecule has 0 aliphatic heterocycles. The highest BCUT2D eigenvalue weighted by atomic mass is 32.2. The summed E-state index contributed by atoms with van der Waals surface area (Å²) >= 11 is 1.42. The molecule has 0 fully saturated rings. The van der Waals surface area contributed by atoms with Crippen LogP contribution in [0, 0.1) is 0 Å². The van der Waals surface area contributed by atoms with E-state index in [1.54, 1.807) is 19.6 Å². The van der Waals surface area contributed by atoms with Crippen molar-refractivity contribution in [2.24, 2.45) is 7.05 Å². The largest absolute Gasteiger partial charge is 0.357 e. The Labute approximate surface area is 106 Å². The second-order valence-electron chi connectivity index (χ2n) is 3.56. The number of anilines is 1. The van der Waals surface area contributed by atoms with Crippen molar-refractivity contribution >= 4 is 28.7 Å². The first-order valence-corrected chi connectivity index (χ1v) is 6.00. The predicted molar refractivity (Wildman–Crippen MR) is 66.4 cm³/mol. The predicted octanol–water partition coefficient (Wildman–Crippen LogP) is 0.674. The van der Waals surface area contributed by atoms with Crippen LogP contribution in [0.5, 0.6) is 0 Å². The highest BCUT2D eigenvalue weighted by Crippen LogP contribution is 2.29. The highest BCUT2D eigenvalue weighted by Gasteiger charge is 2.12. The molecule has 0 bridgehead atoms. The fourth-order valence-corrected chi connectivity index (χ4v) is 2.29. The first-order valence-electron chi connectivity index (χ1n) is 5.18. The smallest absolute Gasteiger partial charge is 0.225 e. The van der Waals surface area contributed by atoms with E-state index in [1.165, 1.54) is 11.8 Å². The summed E-state index contributed by atoms with van der Waals surface area (Å²) in [5.74, 6) is 0.538. The molecule has 3 aromatic heterocycles. The molecule has 0 aliphatic carbocycles. The van der Waals surface area contributed by atoms with Gasteiger partial charge in [-0.1, -0.05) is 0 Å². The maximum atomic E-state index is 4.41. The van der Waals surface area contributed by atoms with Gasteiger partial charge in [0.2, 0.25) is 5.95 Å². The zero-order valence-corrected chi connectivity index (χ0v) is 10.6. The van der Waals surface area contributed by atoms with Crippen molar-refractivity contribution < 1.29 is 0 Å². The zero-order valence-electron chi connectivity index (χ0n) is 9.75. The SMILES string of the molecule is CNc1nc(Sc2nncn2C)c2cn[nH]c2n1. The normalized spacial score (nSPS) is 11.0. The van der Waals surface area contributed by atoms with E-state index in [0.717, 1.165) is 15.6 Å². The van der Waals surface area contributed by atoms with Crippen LogP contribution in [0.3, 0.4) is 0 Å². The van der Waals surface area contributed by atoms with Gasteiger partial charge >= 0.3 is 0 Å². The van der Waals surface area contributed by atoms with Crippen LogP contribution in [0.15, 0.2) is 22.7 Å². The van der Waals surface area contributed by atoms with Gasteiger partial charge in [-0.2, -0.15) is 10.1 Å². The Kier molecular flexibility index (Phi) is 2.59. The van der Waals surface area contributed by atoms with Crippen molar-refractivity contribution in [3.63, 3.8) is 0 Å². The standard InChI is InChI=1S/C9H10N8S/c1-10-8-13-6-5(3-11-15-6)7(14-8)18-9-16-12-4-17(9)2/h3-4H,1-2H3,(H2,10,11,13,14,15). The molecule has 3 rings (SSSR count). The highest BCUT2D eigenvalue weighted by molar-refractivity contribution is 7.99. The summed E-state index contributed by atoms with van der Waals surface area (Å²) in [4.78, 5) is 8.68. The van der Waals surface area contributed by atoms with Gasteiger partial charge in [0.15, 0.2) is 10.8 Å². The molecule has 0 spiro atoms. The molecular weight excluding hydrogens is 252 g/mol. The Bertz CT molecular complexity index is 687. The molecule has 0 aromatic carbocycles. The maximum Gasteiger partial charge on any atom is 0.225 e. The summed E-state index contributed by atoms with van der Waals surface area (Å²) in [6.07, 6.45) is 3.35. The average molecular weight is 262 g/mol. The quantitative estimate of drug-likeness (QED) is 0.669. The zero-order chi connectivity index (χ0) is 12.5. The van der Waals surface area contributed by atoms with Crippen LogP contribution in [0.2, 0.25) is 0 Å². The van der Waals surface area contributed by atoms with Gasteiger partial charge in [-0.3, -0.25) is 5.10 Å². The molecule has 0 saturated carbocycles. The number of aromatic amines is 1. The monoisotopic (exact) mass is 262 g/mol. The minimum absolute atomic E-state index is 0.538. The van der Waals surface area contributed by atoms with Crippen LogP contribution >= 0.6 is 11.8 Å². The van der Waals surface area contributed by atoms with Crippen molar-refractivity contribution in [3.05, 3.63) is 12.5 Å². The van der Waals surface area contributed by atoms with Crippen molar-refractivity contribution in [3.8, 4) is 0 Å². The number of hydrogen-bond donors (Lipinski definition) is 2. The summed E-state index contributed by atoms with van der Waals surface area (Å²) in [6.45, 7) is 0. The molecular formula is C9H10N8S. The number of aromatic nitrogens is 7. The van der Waals surface area contributed by atoms with Gasteiger partial charge in [0.25, 0.3) is 0 Å². The Morgan fingerprint density at radius 1 is 1.39 bits per heavy atom. The summed E-state index contributed by atoms with van der Waals surface area (Å²) in [5, 5.41) is 20.0. The van der Waals surface area contributed by atoms with E-state index >= 15 is 0 Å². The molecule has 3 aromatic rings. The molecule has 9 heteroatoms. The fourth-order valence-electron chi connectivity index (χ4n) is 1.45. The Balaban J connectivity index is 2.10. The molecule has 0 amide bonds. The van der Waals surface area contributed by atoms with Crippen molar-refractivity contribution in [1.29, 1.82) is 0 Å². The van der Waals surface area contributed by atoms with Crippen LogP contribution in [0.25, 0.3) is 11.0 Å². The Morgan fingerprint density at radius 3 is 3.00 bits per heavy atom. The van der Waals surface area contributed by atoms with E-state index in [1.807, 2.05) is 11.6 Å². The van der Waals surface area contributed by atoms with E-state index in [-0.39, 0.29) is 0 Å². The average Bonchev–Trinajstić information content (AvgIpc) is 2.98. The second kappa shape index (κ2) is 4.26. The van der Waals surface area contributed by atoms with Crippen molar-refractivity contribution in [2.75, 3.05) is 12.4 Å². The minimum atomic E-state index is 0.538. The lowest BCUT2D eigenvalue weighted by Gasteiger charge is -2.03. The van der Waals surface area contributed by atoms with Gasteiger partial charge in [-0.25, -0.2) is 4.98 Å². The third-order valence-corrected chi connectivity index (χ3v) is 3.41. The summed E-state index contributed by atoms with van der Waals surface area (Å²) in [5.41, 5.74) is 0.694. The van der Waals surface area contributed by atoms with Crippen LogP contribution < -0.4 is 5.32 Å². The summed E-state index contributed by atoms with van der Waals surface area (Å²) in [6, 6.07) is 0. The van der Waals surface area contributed by atoms with Crippen LogP contribution in [-0.2, 0) is 7.05 Å². The molecule has 3 heterocycles. The molecule has 0 radical (unpaired) electrons. The van der Waals surface area contributed by atoms with Gasteiger partial charge in [-0.05, 0) is 11.8 Å². The molecule has 92 valence electrons.